The minimum absolute atomic E-state index is 0.486. The Balaban J connectivity index is 2.05. The van der Waals surface area contributed by atoms with Gasteiger partial charge in [-0.2, -0.15) is 0 Å². The summed E-state index contributed by atoms with van der Waals surface area (Å²) < 4.78 is 0. The van der Waals surface area contributed by atoms with Crippen LogP contribution < -0.4 is 5.32 Å². The van der Waals surface area contributed by atoms with Crippen LogP contribution in [0, 0.1) is 12.3 Å². The van der Waals surface area contributed by atoms with Crippen molar-refractivity contribution >= 4 is 16.9 Å². The van der Waals surface area contributed by atoms with Gasteiger partial charge >= 0.3 is 5.97 Å². The molecule has 118 valence electrons. The van der Waals surface area contributed by atoms with E-state index in [-0.39, 0.29) is 0 Å². The first-order valence-electron chi connectivity index (χ1n) is 7.81. The van der Waals surface area contributed by atoms with Gasteiger partial charge in [-0.05, 0) is 43.5 Å². The van der Waals surface area contributed by atoms with Crippen LogP contribution >= 0.6 is 0 Å². The summed E-state index contributed by atoms with van der Waals surface area (Å²) >= 11 is 0. The Labute approximate surface area is 131 Å². The first-order valence-corrected chi connectivity index (χ1v) is 7.81. The summed E-state index contributed by atoms with van der Waals surface area (Å²) in [4.78, 5) is 16.0. The average molecular weight is 300 g/mol. The molecule has 0 radical (unpaired) electrons. The van der Waals surface area contributed by atoms with Crippen LogP contribution in [-0.4, -0.2) is 22.6 Å². The SMILES string of the molecule is CCC(CC)(CNCc1ccc2nc(C)ccc2c1)C(=O)O. The number of carboxylic acids is 1. The molecule has 1 aromatic heterocycles. The molecule has 0 atom stereocenters. The molecule has 2 rings (SSSR count). The van der Waals surface area contributed by atoms with Crippen LogP contribution in [0.25, 0.3) is 10.9 Å². The maximum Gasteiger partial charge on any atom is 0.310 e. The largest absolute Gasteiger partial charge is 0.481 e. The quantitative estimate of drug-likeness (QED) is 0.821. The number of aromatic nitrogens is 1. The molecule has 2 aromatic rings. The zero-order valence-electron chi connectivity index (χ0n) is 13.5. The molecule has 0 aliphatic carbocycles. The molecule has 2 N–H and O–H groups in total. The van der Waals surface area contributed by atoms with Crippen LogP contribution in [-0.2, 0) is 11.3 Å². The van der Waals surface area contributed by atoms with Crippen molar-refractivity contribution in [3.05, 3.63) is 41.6 Å². The van der Waals surface area contributed by atoms with Crippen molar-refractivity contribution in [3.8, 4) is 0 Å². The van der Waals surface area contributed by atoms with Crippen molar-refractivity contribution in [1.29, 1.82) is 0 Å². The van der Waals surface area contributed by atoms with E-state index in [1.54, 1.807) is 0 Å². The molecular weight excluding hydrogens is 276 g/mol. The fourth-order valence-corrected chi connectivity index (χ4v) is 2.71. The molecular formula is C18H24N2O2. The molecule has 0 saturated heterocycles. The lowest BCUT2D eigenvalue weighted by molar-refractivity contribution is -0.149. The number of nitrogens with zero attached hydrogens (tertiary/aromatic N) is 1. The van der Waals surface area contributed by atoms with Crippen LogP contribution in [0.4, 0.5) is 0 Å². The second-order valence-electron chi connectivity index (χ2n) is 5.88. The average Bonchev–Trinajstić information content (AvgIpc) is 2.51. The van der Waals surface area contributed by atoms with Crippen LogP contribution in [0.1, 0.15) is 37.9 Å². The van der Waals surface area contributed by atoms with Crippen molar-refractivity contribution < 1.29 is 9.90 Å². The number of carboxylic acid groups (broad SMARTS) is 1. The molecule has 0 saturated carbocycles. The van der Waals surface area contributed by atoms with Gasteiger partial charge in [-0.25, -0.2) is 0 Å². The summed E-state index contributed by atoms with van der Waals surface area (Å²) in [6.45, 7) is 7.00. The van der Waals surface area contributed by atoms with Crippen molar-refractivity contribution in [2.45, 2.75) is 40.2 Å². The van der Waals surface area contributed by atoms with Crippen LogP contribution in [0.3, 0.4) is 0 Å². The zero-order valence-corrected chi connectivity index (χ0v) is 13.5. The van der Waals surface area contributed by atoms with E-state index >= 15 is 0 Å². The maximum atomic E-state index is 11.5. The molecule has 4 heteroatoms. The highest BCUT2D eigenvalue weighted by Crippen LogP contribution is 2.26. The summed E-state index contributed by atoms with van der Waals surface area (Å²) in [5, 5.41) is 13.9. The lowest BCUT2D eigenvalue weighted by Crippen LogP contribution is -2.39. The summed E-state index contributed by atoms with van der Waals surface area (Å²) in [7, 11) is 0. The van der Waals surface area contributed by atoms with Crippen molar-refractivity contribution in [1.82, 2.24) is 10.3 Å². The van der Waals surface area contributed by atoms with Gasteiger partial charge in [0.15, 0.2) is 0 Å². The second-order valence-corrected chi connectivity index (χ2v) is 5.88. The van der Waals surface area contributed by atoms with E-state index in [1.165, 1.54) is 0 Å². The third kappa shape index (κ3) is 3.45. The number of carbonyl (C=O) groups is 1. The lowest BCUT2D eigenvalue weighted by Gasteiger charge is -2.27. The molecule has 0 bridgehead atoms. The predicted octanol–water partition coefficient (Wildman–Crippen LogP) is 3.52. The maximum absolute atomic E-state index is 11.5. The summed E-state index contributed by atoms with van der Waals surface area (Å²) in [5.74, 6) is -0.719. The minimum Gasteiger partial charge on any atom is -0.481 e. The van der Waals surface area contributed by atoms with Crippen molar-refractivity contribution in [2.75, 3.05) is 6.54 Å². The Morgan fingerprint density at radius 2 is 1.95 bits per heavy atom. The fraction of sp³-hybridized carbons (Fsp3) is 0.444. The van der Waals surface area contributed by atoms with E-state index in [4.69, 9.17) is 0 Å². The van der Waals surface area contributed by atoms with E-state index < -0.39 is 11.4 Å². The highest BCUT2D eigenvalue weighted by atomic mass is 16.4. The Kier molecular flexibility index (Phi) is 5.14. The van der Waals surface area contributed by atoms with Gasteiger partial charge in [-0.15, -0.1) is 0 Å². The van der Waals surface area contributed by atoms with Gasteiger partial charge in [0.1, 0.15) is 0 Å². The van der Waals surface area contributed by atoms with Gasteiger partial charge < -0.3 is 10.4 Å². The molecule has 0 aliphatic heterocycles. The zero-order chi connectivity index (χ0) is 16.2. The number of rotatable bonds is 7. The highest BCUT2D eigenvalue weighted by molar-refractivity contribution is 5.79. The van der Waals surface area contributed by atoms with E-state index in [2.05, 4.69) is 22.4 Å². The molecule has 0 fully saturated rings. The highest BCUT2D eigenvalue weighted by Gasteiger charge is 2.34. The van der Waals surface area contributed by atoms with E-state index in [1.807, 2.05) is 39.0 Å². The number of pyridine rings is 1. The number of benzene rings is 1. The van der Waals surface area contributed by atoms with Gasteiger partial charge in [0, 0.05) is 24.2 Å². The molecule has 1 heterocycles. The first-order chi connectivity index (χ1) is 10.5. The summed E-state index contributed by atoms with van der Waals surface area (Å²) in [6, 6.07) is 10.2. The van der Waals surface area contributed by atoms with E-state index in [0.29, 0.717) is 25.9 Å². The number of hydrogen-bond donors (Lipinski definition) is 2. The van der Waals surface area contributed by atoms with Gasteiger partial charge in [0.25, 0.3) is 0 Å². The van der Waals surface area contributed by atoms with Crippen molar-refractivity contribution in [2.24, 2.45) is 5.41 Å². The van der Waals surface area contributed by atoms with Crippen LogP contribution in [0.5, 0.6) is 0 Å². The topological polar surface area (TPSA) is 62.2 Å². The smallest absolute Gasteiger partial charge is 0.310 e. The summed E-state index contributed by atoms with van der Waals surface area (Å²) in [6.07, 6.45) is 1.26. The van der Waals surface area contributed by atoms with Crippen LogP contribution in [0.15, 0.2) is 30.3 Å². The van der Waals surface area contributed by atoms with Gasteiger partial charge in [-0.1, -0.05) is 26.0 Å². The summed E-state index contributed by atoms with van der Waals surface area (Å²) in [5.41, 5.74) is 2.47. The third-order valence-corrected chi connectivity index (χ3v) is 4.49. The monoisotopic (exact) mass is 300 g/mol. The Hall–Kier alpha value is -1.94. The van der Waals surface area contributed by atoms with E-state index in [9.17, 15) is 9.90 Å². The molecule has 4 nitrogen and oxygen atoms in total. The van der Waals surface area contributed by atoms with Gasteiger partial charge in [-0.3, -0.25) is 9.78 Å². The van der Waals surface area contributed by atoms with Gasteiger partial charge in [0.05, 0.1) is 10.9 Å². The minimum atomic E-state index is -0.719. The number of aliphatic carboxylic acids is 1. The normalized spacial score (nSPS) is 11.8. The van der Waals surface area contributed by atoms with Gasteiger partial charge in [0.2, 0.25) is 0 Å². The molecule has 0 aliphatic rings. The Bertz CT molecular complexity index is 663. The number of aryl methyl sites for hydroxylation is 1. The Morgan fingerprint density at radius 3 is 2.59 bits per heavy atom. The number of fused-ring (bicyclic) bond motifs is 1. The first kappa shape index (κ1) is 16.4. The van der Waals surface area contributed by atoms with Crippen LogP contribution in [0.2, 0.25) is 0 Å². The molecule has 22 heavy (non-hydrogen) atoms. The number of nitrogens with one attached hydrogen (secondary N) is 1. The lowest BCUT2D eigenvalue weighted by atomic mass is 9.82. The predicted molar refractivity (Wildman–Crippen MR) is 88.8 cm³/mol. The standard InChI is InChI=1S/C18H24N2O2/c1-4-18(5-2,17(21)22)12-19-11-14-7-9-16-15(10-14)8-6-13(3)20-16/h6-10,19H,4-5,11-12H2,1-3H3,(H,21,22). The van der Waals surface area contributed by atoms with Crippen molar-refractivity contribution in [3.63, 3.8) is 0 Å². The van der Waals surface area contributed by atoms with E-state index in [0.717, 1.165) is 22.2 Å². The second kappa shape index (κ2) is 6.88. The Morgan fingerprint density at radius 1 is 1.23 bits per heavy atom. The molecule has 0 spiro atoms. The number of hydrogen-bond acceptors (Lipinski definition) is 3. The molecule has 0 unspecified atom stereocenters. The molecule has 1 aromatic carbocycles. The fourth-order valence-electron chi connectivity index (χ4n) is 2.71. The molecule has 0 amide bonds. The third-order valence-electron chi connectivity index (χ3n) is 4.49.